The van der Waals surface area contributed by atoms with Crippen LogP contribution in [0, 0.1) is 0 Å². The molecule has 0 atom stereocenters. The molecule has 31 heavy (non-hydrogen) atoms. The first kappa shape index (κ1) is 24.6. The molecule has 0 saturated carbocycles. The van der Waals surface area contributed by atoms with Crippen LogP contribution < -0.4 is 5.32 Å². The molecule has 1 aliphatic heterocycles. The molecule has 3 rings (SSSR count). The van der Waals surface area contributed by atoms with Gasteiger partial charge in [-0.3, -0.25) is 4.79 Å². The number of nitrogens with one attached hydrogen (secondary N) is 1. The van der Waals surface area contributed by atoms with Crippen LogP contribution in [0.25, 0.3) is 0 Å². The Balaban J connectivity index is 1.55. The van der Waals surface area contributed by atoms with E-state index in [0.717, 1.165) is 11.3 Å². The summed E-state index contributed by atoms with van der Waals surface area (Å²) in [6.07, 6.45) is 0. The first-order chi connectivity index (χ1) is 14.8. The van der Waals surface area contributed by atoms with Gasteiger partial charge in [-0.15, -0.1) is 0 Å². The summed E-state index contributed by atoms with van der Waals surface area (Å²) in [5.74, 6) is 1.05. The van der Waals surface area contributed by atoms with E-state index in [0.29, 0.717) is 35.6 Å². The lowest BCUT2D eigenvalue weighted by atomic mass is 10.2. The molecule has 168 valence electrons. The maximum Gasteiger partial charge on any atom is 0.251 e. The number of morpholine rings is 1. The Morgan fingerprint density at radius 3 is 2.45 bits per heavy atom. The number of amides is 1. The number of hydrogen-bond donors (Lipinski definition) is 1. The highest BCUT2D eigenvalue weighted by atomic mass is 35.5. The van der Waals surface area contributed by atoms with Crippen LogP contribution >= 0.6 is 46.6 Å². The lowest BCUT2D eigenvalue weighted by Crippen LogP contribution is -2.40. The highest BCUT2D eigenvalue weighted by Gasteiger charge is 2.29. The van der Waals surface area contributed by atoms with Gasteiger partial charge in [-0.2, -0.15) is 16.1 Å². The second kappa shape index (κ2) is 11.2. The summed E-state index contributed by atoms with van der Waals surface area (Å²) in [6, 6.07) is 9.75. The number of rotatable bonds is 8. The molecule has 1 fully saturated rings. The smallest absolute Gasteiger partial charge is 0.251 e. The molecule has 11 heteroatoms. The summed E-state index contributed by atoms with van der Waals surface area (Å²) in [5.41, 5.74) is 1.28. The maximum atomic E-state index is 12.9. The van der Waals surface area contributed by atoms with Gasteiger partial charge in [0.05, 0.1) is 28.3 Å². The van der Waals surface area contributed by atoms with Crippen molar-refractivity contribution in [2.24, 2.45) is 0 Å². The molecule has 1 amide bonds. The van der Waals surface area contributed by atoms with E-state index in [4.69, 9.17) is 39.5 Å². The van der Waals surface area contributed by atoms with Crippen molar-refractivity contribution in [2.45, 2.75) is 10.6 Å². The average Bonchev–Trinajstić information content (AvgIpc) is 2.76. The van der Waals surface area contributed by atoms with Crippen molar-refractivity contribution in [1.82, 2.24) is 9.62 Å². The SMILES string of the molecule is O=C(NCCSCc1ccc(Cl)c(Cl)c1)c1ccc(Cl)c(S(=O)(=O)N2CCOCC2)c1. The predicted octanol–water partition coefficient (Wildman–Crippen LogP) is 4.33. The van der Waals surface area contributed by atoms with Gasteiger partial charge in [0.2, 0.25) is 10.0 Å². The van der Waals surface area contributed by atoms with Crippen LogP contribution in [-0.2, 0) is 20.5 Å². The van der Waals surface area contributed by atoms with E-state index in [1.54, 1.807) is 17.8 Å². The van der Waals surface area contributed by atoms with E-state index < -0.39 is 10.0 Å². The number of sulfonamides is 1. The molecule has 0 unspecified atom stereocenters. The normalized spacial score (nSPS) is 15.1. The molecule has 0 aromatic heterocycles. The Morgan fingerprint density at radius 1 is 1.03 bits per heavy atom. The van der Waals surface area contributed by atoms with Gasteiger partial charge in [0.15, 0.2) is 0 Å². The molecular formula is C20H21Cl3N2O4S2. The van der Waals surface area contributed by atoms with Crippen molar-refractivity contribution in [3.05, 3.63) is 62.6 Å². The highest BCUT2D eigenvalue weighted by molar-refractivity contribution is 7.98. The molecule has 1 N–H and O–H groups in total. The summed E-state index contributed by atoms with van der Waals surface area (Å²) >= 11 is 19.7. The van der Waals surface area contributed by atoms with Crippen LogP contribution in [0.1, 0.15) is 15.9 Å². The first-order valence-electron chi connectivity index (χ1n) is 9.46. The van der Waals surface area contributed by atoms with Crippen LogP contribution in [0.3, 0.4) is 0 Å². The summed E-state index contributed by atoms with van der Waals surface area (Å²) in [5, 5.41) is 3.92. The Kier molecular flexibility index (Phi) is 8.92. The third-order valence-electron chi connectivity index (χ3n) is 4.57. The fourth-order valence-electron chi connectivity index (χ4n) is 2.93. The van der Waals surface area contributed by atoms with Crippen molar-refractivity contribution in [1.29, 1.82) is 0 Å². The summed E-state index contributed by atoms with van der Waals surface area (Å²) in [4.78, 5) is 12.4. The van der Waals surface area contributed by atoms with E-state index in [9.17, 15) is 13.2 Å². The zero-order valence-electron chi connectivity index (χ0n) is 16.4. The average molecular weight is 524 g/mol. The lowest BCUT2D eigenvalue weighted by Gasteiger charge is -2.26. The number of thioether (sulfide) groups is 1. The van der Waals surface area contributed by atoms with E-state index in [1.807, 2.05) is 12.1 Å². The van der Waals surface area contributed by atoms with Crippen LogP contribution in [-0.4, -0.2) is 57.2 Å². The van der Waals surface area contributed by atoms with E-state index in [1.165, 1.54) is 22.5 Å². The minimum absolute atomic E-state index is 0.0716. The standard InChI is InChI=1S/C20H21Cl3N2O4S2/c21-16-3-1-14(11-18(16)23)13-30-10-5-24-20(26)15-2-4-17(22)19(12-15)31(27,28)25-6-8-29-9-7-25/h1-4,11-12H,5-10,13H2,(H,24,26). The Morgan fingerprint density at radius 2 is 1.74 bits per heavy atom. The molecule has 0 radical (unpaired) electrons. The molecule has 2 aromatic rings. The number of benzene rings is 2. The molecule has 0 spiro atoms. The fraction of sp³-hybridized carbons (Fsp3) is 0.350. The largest absolute Gasteiger partial charge is 0.379 e. The van der Waals surface area contributed by atoms with E-state index in [2.05, 4.69) is 5.32 Å². The minimum Gasteiger partial charge on any atom is -0.379 e. The Bertz CT molecular complexity index is 1040. The molecule has 0 aliphatic carbocycles. The van der Waals surface area contributed by atoms with Crippen molar-refractivity contribution >= 4 is 62.5 Å². The minimum atomic E-state index is -3.80. The van der Waals surface area contributed by atoms with Crippen molar-refractivity contribution in [3.8, 4) is 0 Å². The third kappa shape index (κ3) is 6.51. The van der Waals surface area contributed by atoms with Crippen LogP contribution in [0.15, 0.2) is 41.3 Å². The van der Waals surface area contributed by atoms with Gasteiger partial charge in [-0.05, 0) is 35.9 Å². The van der Waals surface area contributed by atoms with Gasteiger partial charge >= 0.3 is 0 Å². The number of hydrogen-bond acceptors (Lipinski definition) is 5. The van der Waals surface area contributed by atoms with Crippen LogP contribution in [0.2, 0.25) is 15.1 Å². The highest BCUT2D eigenvalue weighted by Crippen LogP contribution is 2.27. The van der Waals surface area contributed by atoms with Crippen molar-refractivity contribution in [3.63, 3.8) is 0 Å². The zero-order chi connectivity index (χ0) is 22.4. The summed E-state index contributed by atoms with van der Waals surface area (Å²) < 4.78 is 32.3. The van der Waals surface area contributed by atoms with Gasteiger partial charge in [0, 0.05) is 36.7 Å². The number of carbonyl (C=O) groups is 1. The summed E-state index contributed by atoms with van der Waals surface area (Å²) in [6.45, 7) is 1.60. The van der Waals surface area contributed by atoms with Crippen LogP contribution in [0.5, 0.6) is 0 Å². The van der Waals surface area contributed by atoms with Gasteiger partial charge in [-0.25, -0.2) is 8.42 Å². The quantitative estimate of drug-likeness (QED) is 0.521. The third-order valence-corrected chi connectivity index (χ3v) is 8.72. The molecule has 0 bridgehead atoms. The Hall–Kier alpha value is -1.00. The van der Waals surface area contributed by atoms with Gasteiger partial charge in [-0.1, -0.05) is 40.9 Å². The van der Waals surface area contributed by atoms with Crippen molar-refractivity contribution in [2.75, 3.05) is 38.6 Å². The maximum absolute atomic E-state index is 12.9. The molecule has 2 aromatic carbocycles. The topological polar surface area (TPSA) is 75.7 Å². The van der Waals surface area contributed by atoms with E-state index in [-0.39, 0.29) is 34.5 Å². The second-order valence-electron chi connectivity index (χ2n) is 6.72. The molecule has 6 nitrogen and oxygen atoms in total. The zero-order valence-corrected chi connectivity index (χ0v) is 20.3. The second-order valence-corrected chi connectivity index (χ2v) is 11.0. The van der Waals surface area contributed by atoms with Crippen LogP contribution in [0.4, 0.5) is 0 Å². The summed E-state index contributed by atoms with van der Waals surface area (Å²) in [7, 11) is -3.80. The van der Waals surface area contributed by atoms with E-state index >= 15 is 0 Å². The number of nitrogens with zero attached hydrogens (tertiary/aromatic N) is 1. The van der Waals surface area contributed by atoms with Gasteiger partial charge < -0.3 is 10.1 Å². The first-order valence-corrected chi connectivity index (χ1v) is 13.2. The number of ether oxygens (including phenoxy) is 1. The molecule has 1 aliphatic rings. The monoisotopic (exact) mass is 522 g/mol. The van der Waals surface area contributed by atoms with Gasteiger partial charge in [0.25, 0.3) is 5.91 Å². The molecule has 1 saturated heterocycles. The van der Waals surface area contributed by atoms with Crippen molar-refractivity contribution < 1.29 is 17.9 Å². The number of carbonyl (C=O) groups excluding carboxylic acids is 1. The molecule has 1 heterocycles. The lowest BCUT2D eigenvalue weighted by molar-refractivity contribution is 0.0730. The van der Waals surface area contributed by atoms with Gasteiger partial charge in [0.1, 0.15) is 4.90 Å². The predicted molar refractivity (Wildman–Crippen MR) is 126 cm³/mol. The Labute approximate surface area is 201 Å². The molecular weight excluding hydrogens is 503 g/mol. The number of halogens is 3. The fourth-order valence-corrected chi connectivity index (χ4v) is 5.96.